The van der Waals surface area contributed by atoms with Crippen molar-refractivity contribution in [1.82, 2.24) is 4.90 Å². The van der Waals surface area contributed by atoms with Gasteiger partial charge in [0.15, 0.2) is 16.7 Å². The Hall–Kier alpha value is -2.70. The summed E-state index contributed by atoms with van der Waals surface area (Å²) in [6, 6.07) is 12.7. The molecule has 0 N–H and O–H groups in total. The number of carbonyl (C=O) groups excluding carboxylic acids is 1. The fourth-order valence-electron chi connectivity index (χ4n) is 2.52. The van der Waals surface area contributed by atoms with E-state index >= 15 is 0 Å². The highest BCUT2D eigenvalue weighted by Crippen LogP contribution is 2.37. The van der Waals surface area contributed by atoms with Crippen LogP contribution in [0.4, 0.5) is 5.69 Å². The Morgan fingerprint density at radius 1 is 1.25 bits per heavy atom. The predicted octanol–water partition coefficient (Wildman–Crippen LogP) is 5.15. The van der Waals surface area contributed by atoms with Gasteiger partial charge in [-0.15, -0.1) is 0 Å². The molecule has 1 aliphatic rings. The molecule has 0 spiro atoms. The molecule has 1 amide bonds. The van der Waals surface area contributed by atoms with Crippen LogP contribution in [-0.2, 0) is 4.79 Å². The van der Waals surface area contributed by atoms with E-state index in [1.54, 1.807) is 50.6 Å². The van der Waals surface area contributed by atoms with Crippen molar-refractivity contribution in [3.63, 3.8) is 0 Å². The quantitative estimate of drug-likeness (QED) is 0.484. The molecular weight excluding hydrogens is 396 g/mol. The number of amidine groups is 1. The summed E-state index contributed by atoms with van der Waals surface area (Å²) in [5.41, 5.74) is 1.47. The van der Waals surface area contributed by atoms with E-state index in [2.05, 4.69) is 11.6 Å². The minimum Gasteiger partial charge on any atom is -0.493 e. The number of halogens is 1. The molecule has 1 heterocycles. The van der Waals surface area contributed by atoms with Gasteiger partial charge in [-0.3, -0.25) is 9.69 Å². The molecule has 28 heavy (non-hydrogen) atoms. The van der Waals surface area contributed by atoms with Gasteiger partial charge in [-0.05, 0) is 48.2 Å². The van der Waals surface area contributed by atoms with Gasteiger partial charge >= 0.3 is 0 Å². The van der Waals surface area contributed by atoms with E-state index in [0.29, 0.717) is 33.2 Å². The number of nitrogens with zero attached hydrogens (tertiary/aromatic N) is 2. The first-order chi connectivity index (χ1) is 13.5. The molecular formula is C21H19ClN2O3S. The predicted molar refractivity (Wildman–Crippen MR) is 116 cm³/mol. The van der Waals surface area contributed by atoms with E-state index < -0.39 is 0 Å². The van der Waals surface area contributed by atoms with Gasteiger partial charge in [0.2, 0.25) is 0 Å². The summed E-state index contributed by atoms with van der Waals surface area (Å²) >= 11 is 7.22. The minimum absolute atomic E-state index is 0.129. The Bertz CT molecular complexity index is 955. The molecule has 5 nitrogen and oxygen atoms in total. The molecule has 1 fully saturated rings. The summed E-state index contributed by atoms with van der Waals surface area (Å²) in [5, 5.41) is 1.23. The number of ether oxygens (including phenoxy) is 2. The van der Waals surface area contributed by atoms with Crippen LogP contribution in [0.15, 0.2) is 65.0 Å². The first kappa shape index (κ1) is 20.0. The van der Waals surface area contributed by atoms with Crippen molar-refractivity contribution >= 4 is 46.2 Å². The van der Waals surface area contributed by atoms with Gasteiger partial charge in [-0.25, -0.2) is 4.99 Å². The highest BCUT2D eigenvalue weighted by Gasteiger charge is 2.30. The lowest BCUT2D eigenvalue weighted by Crippen LogP contribution is -2.23. The van der Waals surface area contributed by atoms with Gasteiger partial charge in [-0.1, -0.05) is 36.4 Å². The molecule has 0 aromatic heterocycles. The Labute approximate surface area is 173 Å². The van der Waals surface area contributed by atoms with E-state index in [1.807, 2.05) is 18.2 Å². The van der Waals surface area contributed by atoms with Crippen molar-refractivity contribution in [3.8, 4) is 11.5 Å². The number of rotatable bonds is 6. The maximum absolute atomic E-state index is 12.7. The number of methoxy groups -OCH3 is 1. The maximum atomic E-state index is 12.7. The molecule has 3 rings (SSSR count). The number of hydrogen-bond donors (Lipinski definition) is 0. The summed E-state index contributed by atoms with van der Waals surface area (Å²) < 4.78 is 11.1. The smallest absolute Gasteiger partial charge is 0.266 e. The highest BCUT2D eigenvalue weighted by atomic mass is 35.5. The van der Waals surface area contributed by atoms with Crippen LogP contribution < -0.4 is 9.47 Å². The monoisotopic (exact) mass is 414 g/mol. The van der Waals surface area contributed by atoms with Crippen molar-refractivity contribution in [2.24, 2.45) is 4.99 Å². The molecule has 1 aliphatic heterocycles. The van der Waals surface area contributed by atoms with E-state index in [4.69, 9.17) is 21.1 Å². The number of para-hydroxylation sites is 1. The van der Waals surface area contributed by atoms with Crippen molar-refractivity contribution < 1.29 is 14.3 Å². The van der Waals surface area contributed by atoms with Gasteiger partial charge < -0.3 is 9.47 Å². The van der Waals surface area contributed by atoms with Crippen molar-refractivity contribution in [3.05, 3.63) is 70.6 Å². The number of amides is 1. The van der Waals surface area contributed by atoms with Crippen molar-refractivity contribution in [1.29, 1.82) is 0 Å². The SMILES string of the molecule is C=CCOc1c(/C=C2\SC(=Nc3ccc(Cl)cc3)N(C)C2=O)cccc1OC. The second-order valence-corrected chi connectivity index (χ2v) is 7.27. The Kier molecular flexibility index (Phi) is 6.44. The minimum atomic E-state index is -0.129. The van der Waals surface area contributed by atoms with Gasteiger partial charge in [-0.2, -0.15) is 0 Å². The fraction of sp³-hybridized carbons (Fsp3) is 0.143. The first-order valence-corrected chi connectivity index (χ1v) is 9.65. The molecule has 2 aromatic carbocycles. The van der Waals surface area contributed by atoms with Gasteiger partial charge in [0.1, 0.15) is 6.61 Å². The maximum Gasteiger partial charge on any atom is 0.266 e. The average Bonchev–Trinajstić information content (AvgIpc) is 2.96. The number of thioether (sulfide) groups is 1. The molecule has 7 heteroatoms. The summed E-state index contributed by atoms with van der Waals surface area (Å²) in [7, 11) is 3.28. The lowest BCUT2D eigenvalue weighted by atomic mass is 10.1. The molecule has 1 saturated heterocycles. The fourth-order valence-corrected chi connectivity index (χ4v) is 3.63. The zero-order chi connectivity index (χ0) is 20.1. The van der Waals surface area contributed by atoms with E-state index in [9.17, 15) is 4.79 Å². The molecule has 0 radical (unpaired) electrons. The van der Waals surface area contributed by atoms with Crippen LogP contribution in [0.3, 0.4) is 0 Å². The van der Waals surface area contributed by atoms with Gasteiger partial charge in [0, 0.05) is 17.6 Å². The average molecular weight is 415 g/mol. The van der Waals surface area contributed by atoms with Gasteiger partial charge in [0.25, 0.3) is 5.91 Å². The van der Waals surface area contributed by atoms with Crippen LogP contribution in [-0.4, -0.2) is 36.7 Å². The van der Waals surface area contributed by atoms with E-state index in [1.165, 1.54) is 16.7 Å². The zero-order valence-corrected chi connectivity index (χ0v) is 17.1. The van der Waals surface area contributed by atoms with Gasteiger partial charge in [0.05, 0.1) is 17.7 Å². The molecule has 0 atom stereocenters. The number of likely N-dealkylation sites (N-methyl/N-ethyl adjacent to an activating group) is 1. The molecule has 0 aliphatic carbocycles. The lowest BCUT2D eigenvalue weighted by Gasteiger charge is -2.12. The van der Waals surface area contributed by atoms with Crippen molar-refractivity contribution in [2.75, 3.05) is 20.8 Å². The Morgan fingerprint density at radius 2 is 2.00 bits per heavy atom. The third-order valence-corrected chi connectivity index (χ3v) is 5.23. The van der Waals surface area contributed by atoms with Crippen LogP contribution in [0.2, 0.25) is 5.02 Å². The molecule has 0 unspecified atom stereocenters. The summed E-state index contributed by atoms with van der Waals surface area (Å²) in [4.78, 5) is 19.3. The summed E-state index contributed by atoms with van der Waals surface area (Å²) in [5.74, 6) is 1.03. The Balaban J connectivity index is 1.94. The molecule has 0 bridgehead atoms. The summed E-state index contributed by atoms with van der Waals surface area (Å²) in [6.45, 7) is 4.01. The zero-order valence-electron chi connectivity index (χ0n) is 15.5. The normalized spacial score (nSPS) is 16.7. The first-order valence-electron chi connectivity index (χ1n) is 8.46. The number of carbonyl (C=O) groups is 1. The summed E-state index contributed by atoms with van der Waals surface area (Å²) in [6.07, 6.45) is 3.44. The van der Waals surface area contributed by atoms with E-state index in [-0.39, 0.29) is 5.91 Å². The van der Waals surface area contributed by atoms with Crippen molar-refractivity contribution in [2.45, 2.75) is 0 Å². The second-order valence-electron chi connectivity index (χ2n) is 5.82. The molecule has 144 valence electrons. The van der Waals surface area contributed by atoms with Crippen LogP contribution in [0.5, 0.6) is 11.5 Å². The van der Waals surface area contributed by atoms with Crippen LogP contribution in [0.1, 0.15) is 5.56 Å². The second kappa shape index (κ2) is 8.99. The van der Waals surface area contributed by atoms with E-state index in [0.717, 1.165) is 11.3 Å². The topological polar surface area (TPSA) is 51.1 Å². The third-order valence-electron chi connectivity index (χ3n) is 3.92. The lowest BCUT2D eigenvalue weighted by molar-refractivity contribution is -0.121. The standard InChI is InChI=1S/C21H19ClN2O3S/c1-4-12-27-19-14(6-5-7-17(19)26-3)13-18-20(25)24(2)21(28-18)23-16-10-8-15(22)9-11-16/h4-11,13H,1,12H2,2-3H3/b18-13-,23-21?. The van der Waals surface area contributed by atoms with Crippen LogP contribution in [0, 0.1) is 0 Å². The Morgan fingerprint density at radius 3 is 2.68 bits per heavy atom. The largest absolute Gasteiger partial charge is 0.493 e. The third kappa shape index (κ3) is 4.40. The van der Waals surface area contributed by atoms with Crippen LogP contribution in [0.25, 0.3) is 6.08 Å². The number of aliphatic imine (C=N–C) groups is 1. The molecule has 2 aromatic rings. The highest BCUT2D eigenvalue weighted by molar-refractivity contribution is 8.18. The number of benzene rings is 2. The molecule has 0 saturated carbocycles. The van der Waals surface area contributed by atoms with Crippen LogP contribution >= 0.6 is 23.4 Å². The number of hydrogen-bond acceptors (Lipinski definition) is 5.